The van der Waals surface area contributed by atoms with Crippen LogP contribution >= 0.6 is 0 Å². The summed E-state index contributed by atoms with van der Waals surface area (Å²) in [6.45, 7) is 1.84. The van der Waals surface area contributed by atoms with Crippen molar-refractivity contribution >= 4 is 5.91 Å². The SMILES string of the molecule is COc1coc(C(=O)N2CCCC(c3nnc(CN(C)C)n3C)C2)cc1=O. The van der Waals surface area contributed by atoms with E-state index in [1.165, 1.54) is 19.4 Å². The first-order chi connectivity index (χ1) is 12.9. The number of hydrogen-bond acceptors (Lipinski definition) is 7. The number of nitrogens with zero attached hydrogens (tertiary/aromatic N) is 5. The molecule has 0 saturated carbocycles. The number of piperidine rings is 1. The molecule has 0 bridgehead atoms. The fourth-order valence-electron chi connectivity index (χ4n) is 3.34. The zero-order chi connectivity index (χ0) is 19.6. The van der Waals surface area contributed by atoms with Gasteiger partial charge in [0.25, 0.3) is 5.91 Å². The summed E-state index contributed by atoms with van der Waals surface area (Å²) < 4.78 is 12.2. The molecule has 1 unspecified atom stereocenters. The average Bonchev–Trinajstić information content (AvgIpc) is 3.01. The first kappa shape index (κ1) is 19.1. The minimum absolute atomic E-state index is 0.0210. The molecule has 1 amide bonds. The van der Waals surface area contributed by atoms with Crippen LogP contribution in [0.2, 0.25) is 0 Å². The fraction of sp³-hybridized carbons (Fsp3) is 0.556. The summed E-state index contributed by atoms with van der Waals surface area (Å²) in [6.07, 6.45) is 2.96. The van der Waals surface area contributed by atoms with Crippen molar-refractivity contribution in [3.8, 4) is 5.75 Å². The van der Waals surface area contributed by atoms with Crippen LogP contribution < -0.4 is 10.2 Å². The molecule has 2 aromatic heterocycles. The summed E-state index contributed by atoms with van der Waals surface area (Å²) in [4.78, 5) is 28.4. The number of hydrogen-bond donors (Lipinski definition) is 0. The zero-order valence-corrected chi connectivity index (χ0v) is 16.1. The predicted octanol–water partition coefficient (Wildman–Crippen LogP) is 0.858. The van der Waals surface area contributed by atoms with Gasteiger partial charge in [-0.3, -0.25) is 9.59 Å². The first-order valence-electron chi connectivity index (χ1n) is 8.89. The van der Waals surface area contributed by atoms with E-state index in [1.54, 1.807) is 4.90 Å². The van der Waals surface area contributed by atoms with Gasteiger partial charge in [0.15, 0.2) is 5.76 Å². The molecule has 27 heavy (non-hydrogen) atoms. The Balaban J connectivity index is 1.76. The van der Waals surface area contributed by atoms with Crippen LogP contribution in [0, 0.1) is 0 Å². The van der Waals surface area contributed by atoms with Crippen LogP contribution in [-0.4, -0.2) is 64.8 Å². The van der Waals surface area contributed by atoms with E-state index in [0.29, 0.717) is 19.6 Å². The second-order valence-corrected chi connectivity index (χ2v) is 7.04. The second kappa shape index (κ2) is 7.91. The molecule has 3 heterocycles. The Morgan fingerprint density at radius 3 is 2.85 bits per heavy atom. The standard InChI is InChI=1S/C18H25N5O4/c1-21(2)10-16-19-20-17(22(16)3)12-6-5-7-23(9-12)18(25)14-8-13(24)15(26-4)11-27-14/h8,11-12H,5-7,9-10H2,1-4H3. The Morgan fingerprint density at radius 2 is 2.19 bits per heavy atom. The van der Waals surface area contributed by atoms with Crippen LogP contribution in [0.25, 0.3) is 0 Å². The summed E-state index contributed by atoms with van der Waals surface area (Å²) in [7, 11) is 7.31. The molecule has 0 spiro atoms. The number of methoxy groups -OCH3 is 1. The quantitative estimate of drug-likeness (QED) is 0.765. The van der Waals surface area contributed by atoms with Crippen molar-refractivity contribution in [3.63, 3.8) is 0 Å². The number of likely N-dealkylation sites (tertiary alicyclic amines) is 1. The first-order valence-corrected chi connectivity index (χ1v) is 8.89. The Morgan fingerprint density at radius 1 is 1.41 bits per heavy atom. The topological polar surface area (TPSA) is 93.7 Å². The summed E-state index contributed by atoms with van der Waals surface area (Å²) in [6, 6.07) is 1.18. The highest BCUT2D eigenvalue weighted by Crippen LogP contribution is 2.27. The monoisotopic (exact) mass is 375 g/mol. The molecular weight excluding hydrogens is 350 g/mol. The molecule has 9 nitrogen and oxygen atoms in total. The highest BCUT2D eigenvalue weighted by molar-refractivity contribution is 5.91. The second-order valence-electron chi connectivity index (χ2n) is 7.04. The van der Waals surface area contributed by atoms with Crippen molar-refractivity contribution in [2.24, 2.45) is 7.05 Å². The normalized spacial score (nSPS) is 17.4. The number of aromatic nitrogens is 3. The molecule has 9 heteroatoms. The van der Waals surface area contributed by atoms with Crippen LogP contribution in [0.15, 0.2) is 21.5 Å². The van der Waals surface area contributed by atoms with Gasteiger partial charge < -0.3 is 23.5 Å². The van der Waals surface area contributed by atoms with Gasteiger partial charge in [0, 0.05) is 32.1 Å². The van der Waals surface area contributed by atoms with Crippen LogP contribution in [0.4, 0.5) is 0 Å². The van der Waals surface area contributed by atoms with E-state index < -0.39 is 0 Å². The van der Waals surface area contributed by atoms with Gasteiger partial charge in [0.1, 0.15) is 17.9 Å². The van der Waals surface area contributed by atoms with Gasteiger partial charge in [-0.1, -0.05) is 0 Å². The summed E-state index contributed by atoms with van der Waals surface area (Å²) >= 11 is 0. The summed E-state index contributed by atoms with van der Waals surface area (Å²) in [5, 5.41) is 8.64. The minimum Gasteiger partial charge on any atom is -0.490 e. The van der Waals surface area contributed by atoms with Crippen molar-refractivity contribution in [1.29, 1.82) is 0 Å². The molecular formula is C18H25N5O4. The van der Waals surface area contributed by atoms with Gasteiger partial charge in [-0.15, -0.1) is 10.2 Å². The smallest absolute Gasteiger partial charge is 0.289 e. The molecule has 3 rings (SSSR count). The maximum Gasteiger partial charge on any atom is 0.289 e. The largest absolute Gasteiger partial charge is 0.490 e. The van der Waals surface area contributed by atoms with Crippen LogP contribution in [0.3, 0.4) is 0 Å². The third-order valence-electron chi connectivity index (χ3n) is 4.76. The van der Waals surface area contributed by atoms with Gasteiger partial charge in [-0.05, 0) is 26.9 Å². The average molecular weight is 375 g/mol. The lowest BCUT2D eigenvalue weighted by atomic mass is 9.97. The number of ether oxygens (including phenoxy) is 1. The van der Waals surface area contributed by atoms with Crippen LogP contribution in [-0.2, 0) is 13.6 Å². The highest BCUT2D eigenvalue weighted by Gasteiger charge is 2.30. The lowest BCUT2D eigenvalue weighted by molar-refractivity contribution is 0.0667. The molecule has 1 aliphatic rings. The van der Waals surface area contributed by atoms with Crippen molar-refractivity contribution in [2.75, 3.05) is 34.3 Å². The van der Waals surface area contributed by atoms with Gasteiger partial charge in [0.05, 0.1) is 13.7 Å². The summed E-state index contributed by atoms with van der Waals surface area (Å²) in [5.41, 5.74) is -0.373. The summed E-state index contributed by atoms with van der Waals surface area (Å²) in [5.74, 6) is 1.67. The molecule has 1 aliphatic heterocycles. The van der Waals surface area contributed by atoms with Crippen molar-refractivity contribution in [2.45, 2.75) is 25.3 Å². The highest BCUT2D eigenvalue weighted by atomic mass is 16.5. The van der Waals surface area contributed by atoms with Gasteiger partial charge in [-0.2, -0.15) is 0 Å². The molecule has 0 aromatic carbocycles. The van der Waals surface area contributed by atoms with E-state index in [4.69, 9.17) is 9.15 Å². The molecule has 146 valence electrons. The molecule has 1 fully saturated rings. The molecule has 0 N–H and O–H groups in total. The number of carbonyl (C=O) groups is 1. The molecule has 2 aromatic rings. The molecule has 1 atom stereocenters. The van der Waals surface area contributed by atoms with E-state index in [9.17, 15) is 9.59 Å². The number of carbonyl (C=O) groups excluding carboxylic acids is 1. The van der Waals surface area contributed by atoms with E-state index in [0.717, 1.165) is 24.5 Å². The number of amides is 1. The van der Waals surface area contributed by atoms with E-state index in [1.807, 2.05) is 30.6 Å². The van der Waals surface area contributed by atoms with E-state index in [2.05, 4.69) is 10.2 Å². The van der Waals surface area contributed by atoms with Gasteiger partial charge in [0.2, 0.25) is 11.2 Å². The van der Waals surface area contributed by atoms with E-state index in [-0.39, 0.29) is 28.8 Å². The lowest BCUT2D eigenvalue weighted by Gasteiger charge is -2.31. The fourth-order valence-corrected chi connectivity index (χ4v) is 3.34. The Bertz CT molecular complexity index is 873. The van der Waals surface area contributed by atoms with E-state index >= 15 is 0 Å². The molecule has 0 radical (unpaired) electrons. The predicted molar refractivity (Wildman–Crippen MR) is 97.8 cm³/mol. The van der Waals surface area contributed by atoms with Crippen LogP contribution in [0.1, 0.15) is 41.0 Å². The number of rotatable bonds is 5. The molecule has 1 saturated heterocycles. The van der Waals surface area contributed by atoms with Crippen LogP contribution in [0.5, 0.6) is 5.75 Å². The Kier molecular flexibility index (Phi) is 5.59. The third-order valence-corrected chi connectivity index (χ3v) is 4.76. The van der Waals surface area contributed by atoms with Gasteiger partial charge in [-0.25, -0.2) is 0 Å². The maximum atomic E-state index is 12.8. The third kappa shape index (κ3) is 4.02. The minimum atomic E-state index is -0.373. The van der Waals surface area contributed by atoms with Crippen molar-refractivity contribution < 1.29 is 13.9 Å². The van der Waals surface area contributed by atoms with Crippen molar-refractivity contribution in [3.05, 3.63) is 40.0 Å². The maximum absolute atomic E-state index is 12.8. The lowest BCUT2D eigenvalue weighted by Crippen LogP contribution is -2.40. The van der Waals surface area contributed by atoms with Crippen molar-refractivity contribution in [1.82, 2.24) is 24.6 Å². The Hall–Kier alpha value is -2.68. The van der Waals surface area contributed by atoms with Gasteiger partial charge >= 0.3 is 0 Å². The zero-order valence-electron chi connectivity index (χ0n) is 16.1. The Labute approximate surface area is 157 Å². The molecule has 0 aliphatic carbocycles.